The molecule has 0 amide bonds. The Hall–Kier alpha value is -1.39. The number of aryl methyl sites for hydroxylation is 1. The number of hydrogen-bond acceptors (Lipinski definition) is 3. The van der Waals surface area contributed by atoms with Crippen molar-refractivity contribution in [1.82, 2.24) is 0 Å². The topological polar surface area (TPSA) is 35.2 Å². The third-order valence-electron chi connectivity index (χ3n) is 2.43. The first-order valence-corrected chi connectivity index (χ1v) is 6.17. The summed E-state index contributed by atoms with van der Waals surface area (Å²) < 4.78 is 18.6. The maximum absolute atomic E-state index is 13.0. The Morgan fingerprint density at radius 3 is 2.65 bits per heavy atom. The van der Waals surface area contributed by atoms with Crippen molar-refractivity contribution in [3.05, 3.63) is 51.5 Å². The summed E-state index contributed by atoms with van der Waals surface area (Å²) in [5.74, 6) is 0.477. The summed E-state index contributed by atoms with van der Waals surface area (Å²) in [6.45, 7) is 2.77. The predicted molar refractivity (Wildman–Crippen MR) is 67.7 cm³/mol. The van der Waals surface area contributed by atoms with Gasteiger partial charge in [-0.15, -0.1) is 11.3 Å². The molecule has 0 saturated heterocycles. The van der Waals surface area contributed by atoms with Gasteiger partial charge in [0.1, 0.15) is 18.2 Å². The monoisotopic (exact) mass is 251 g/mol. The number of benzene rings is 1. The highest BCUT2D eigenvalue weighted by Crippen LogP contribution is 2.20. The van der Waals surface area contributed by atoms with Gasteiger partial charge < -0.3 is 10.5 Å². The van der Waals surface area contributed by atoms with Crippen LogP contribution in [0.4, 0.5) is 4.39 Å². The van der Waals surface area contributed by atoms with E-state index in [9.17, 15) is 4.39 Å². The summed E-state index contributed by atoms with van der Waals surface area (Å²) in [5, 5.41) is 0. The molecule has 0 spiro atoms. The van der Waals surface area contributed by atoms with Crippen LogP contribution in [0.2, 0.25) is 0 Å². The van der Waals surface area contributed by atoms with Gasteiger partial charge in [0, 0.05) is 16.3 Å². The molecule has 0 unspecified atom stereocenters. The van der Waals surface area contributed by atoms with Gasteiger partial charge in [-0.05, 0) is 42.8 Å². The first-order valence-electron chi connectivity index (χ1n) is 5.35. The zero-order chi connectivity index (χ0) is 12.3. The molecule has 90 valence electrons. The highest BCUT2D eigenvalue weighted by Gasteiger charge is 2.02. The van der Waals surface area contributed by atoms with Crippen molar-refractivity contribution in [2.45, 2.75) is 20.1 Å². The zero-order valence-corrected chi connectivity index (χ0v) is 10.4. The minimum absolute atomic E-state index is 0.209. The Morgan fingerprint density at radius 1 is 1.24 bits per heavy atom. The van der Waals surface area contributed by atoms with Crippen LogP contribution in [0.5, 0.6) is 5.75 Å². The lowest BCUT2D eigenvalue weighted by Gasteiger charge is -2.05. The Balaban J connectivity index is 1.99. The summed E-state index contributed by atoms with van der Waals surface area (Å²) in [7, 11) is 0. The second-order valence-corrected chi connectivity index (χ2v) is 5.02. The van der Waals surface area contributed by atoms with Crippen LogP contribution in [0, 0.1) is 12.7 Å². The fourth-order valence-electron chi connectivity index (χ4n) is 1.47. The van der Waals surface area contributed by atoms with Crippen molar-refractivity contribution in [3.8, 4) is 5.75 Å². The van der Waals surface area contributed by atoms with Gasteiger partial charge in [0.05, 0.1) is 0 Å². The van der Waals surface area contributed by atoms with E-state index in [1.165, 1.54) is 6.07 Å². The van der Waals surface area contributed by atoms with Gasteiger partial charge >= 0.3 is 0 Å². The normalized spacial score (nSPS) is 10.5. The van der Waals surface area contributed by atoms with Crippen molar-refractivity contribution in [1.29, 1.82) is 0 Å². The van der Waals surface area contributed by atoms with Crippen molar-refractivity contribution in [2.75, 3.05) is 0 Å². The smallest absolute Gasteiger partial charge is 0.126 e. The van der Waals surface area contributed by atoms with Crippen LogP contribution < -0.4 is 10.5 Å². The summed E-state index contributed by atoms with van der Waals surface area (Å²) in [6.07, 6.45) is 0. The zero-order valence-electron chi connectivity index (χ0n) is 9.57. The molecule has 2 aromatic rings. The summed E-state index contributed by atoms with van der Waals surface area (Å²) >= 11 is 1.64. The molecule has 0 aliphatic rings. The van der Waals surface area contributed by atoms with Crippen molar-refractivity contribution in [2.24, 2.45) is 5.73 Å². The number of thiophene rings is 1. The summed E-state index contributed by atoms with van der Waals surface area (Å²) in [6, 6.07) is 8.76. The molecule has 0 atom stereocenters. The van der Waals surface area contributed by atoms with Gasteiger partial charge in [0.15, 0.2) is 0 Å². The quantitative estimate of drug-likeness (QED) is 0.905. The number of rotatable bonds is 4. The van der Waals surface area contributed by atoms with Gasteiger partial charge in [0.2, 0.25) is 0 Å². The van der Waals surface area contributed by atoms with Crippen LogP contribution in [-0.2, 0) is 13.2 Å². The average Bonchev–Trinajstić information content (AvgIpc) is 2.79. The van der Waals surface area contributed by atoms with Crippen LogP contribution in [-0.4, -0.2) is 0 Å². The molecule has 1 aromatic carbocycles. The van der Waals surface area contributed by atoms with E-state index >= 15 is 0 Å². The average molecular weight is 251 g/mol. The number of hydrogen-bond donors (Lipinski definition) is 1. The van der Waals surface area contributed by atoms with E-state index in [0.717, 1.165) is 9.75 Å². The van der Waals surface area contributed by atoms with E-state index in [2.05, 4.69) is 0 Å². The van der Waals surface area contributed by atoms with E-state index < -0.39 is 0 Å². The highest BCUT2D eigenvalue weighted by molar-refractivity contribution is 7.11. The van der Waals surface area contributed by atoms with Gasteiger partial charge in [-0.25, -0.2) is 4.39 Å². The maximum Gasteiger partial charge on any atom is 0.126 e. The molecule has 1 aromatic heterocycles. The fraction of sp³-hybridized carbons (Fsp3) is 0.231. The van der Waals surface area contributed by atoms with Crippen LogP contribution in [0.25, 0.3) is 0 Å². The maximum atomic E-state index is 13.0. The fourth-order valence-corrected chi connectivity index (χ4v) is 2.28. The largest absolute Gasteiger partial charge is 0.488 e. The molecule has 0 aliphatic carbocycles. The summed E-state index contributed by atoms with van der Waals surface area (Å²) in [4.78, 5) is 2.26. The predicted octanol–water partition coefficient (Wildman–Crippen LogP) is 3.23. The minimum Gasteiger partial charge on any atom is -0.488 e. The Labute approximate surface area is 104 Å². The molecule has 0 aliphatic heterocycles. The van der Waals surface area contributed by atoms with Crippen LogP contribution in [0.3, 0.4) is 0 Å². The molecule has 0 radical (unpaired) electrons. The molecule has 4 heteroatoms. The summed E-state index contributed by atoms with van der Waals surface area (Å²) in [5.41, 5.74) is 6.13. The molecule has 1 heterocycles. The van der Waals surface area contributed by atoms with Gasteiger partial charge in [-0.2, -0.15) is 0 Å². The first kappa shape index (κ1) is 12.1. The molecule has 2 rings (SSSR count). The van der Waals surface area contributed by atoms with Gasteiger partial charge in [0.25, 0.3) is 0 Å². The molecule has 0 bridgehead atoms. The lowest BCUT2D eigenvalue weighted by Crippen LogP contribution is -1.94. The lowest BCUT2D eigenvalue weighted by atomic mass is 10.2. The van der Waals surface area contributed by atoms with E-state index in [4.69, 9.17) is 10.5 Å². The Kier molecular flexibility index (Phi) is 3.76. The molecular formula is C13H14FNOS. The van der Waals surface area contributed by atoms with Crippen molar-refractivity contribution in [3.63, 3.8) is 0 Å². The van der Waals surface area contributed by atoms with E-state index in [-0.39, 0.29) is 5.82 Å². The molecule has 17 heavy (non-hydrogen) atoms. The third-order valence-corrected chi connectivity index (χ3v) is 3.51. The first-order chi connectivity index (χ1) is 8.19. The number of halogens is 1. The SMILES string of the molecule is Cc1cc(OCc2ccc(CN)s2)ccc1F. The van der Waals surface area contributed by atoms with Gasteiger partial charge in [-0.1, -0.05) is 0 Å². The number of ether oxygens (including phenoxy) is 1. The van der Waals surface area contributed by atoms with Crippen LogP contribution >= 0.6 is 11.3 Å². The standard InChI is InChI=1S/C13H14FNOS/c1-9-6-10(2-5-13(9)14)16-8-12-4-3-11(7-15)17-12/h2-6H,7-8,15H2,1H3. The second-order valence-electron chi connectivity index (χ2n) is 3.77. The van der Waals surface area contributed by atoms with E-state index in [1.807, 2.05) is 12.1 Å². The van der Waals surface area contributed by atoms with Gasteiger partial charge in [-0.3, -0.25) is 0 Å². The van der Waals surface area contributed by atoms with Crippen LogP contribution in [0.1, 0.15) is 15.3 Å². The Morgan fingerprint density at radius 2 is 2.00 bits per heavy atom. The molecule has 0 fully saturated rings. The third kappa shape index (κ3) is 3.05. The molecule has 2 N–H and O–H groups in total. The lowest BCUT2D eigenvalue weighted by molar-refractivity contribution is 0.309. The highest BCUT2D eigenvalue weighted by atomic mass is 32.1. The van der Waals surface area contributed by atoms with Crippen molar-refractivity contribution < 1.29 is 9.13 Å². The Bertz CT molecular complexity index is 510. The molecule has 2 nitrogen and oxygen atoms in total. The number of nitrogens with two attached hydrogens (primary N) is 1. The van der Waals surface area contributed by atoms with Crippen molar-refractivity contribution >= 4 is 11.3 Å². The van der Waals surface area contributed by atoms with E-state index in [1.54, 1.807) is 30.4 Å². The molecular weight excluding hydrogens is 237 g/mol. The molecule has 0 saturated carbocycles. The van der Waals surface area contributed by atoms with E-state index in [0.29, 0.717) is 24.5 Å². The minimum atomic E-state index is -0.209. The second kappa shape index (κ2) is 5.29. The van der Waals surface area contributed by atoms with Crippen LogP contribution in [0.15, 0.2) is 30.3 Å².